The molecule has 5 rings (SSSR count). The second-order valence-corrected chi connectivity index (χ2v) is 10.7. The van der Waals surface area contributed by atoms with E-state index in [1.807, 2.05) is 31.2 Å². The zero-order valence-electron chi connectivity index (χ0n) is 22.2. The van der Waals surface area contributed by atoms with Crippen LogP contribution in [0.25, 0.3) is 10.9 Å². The molecule has 0 bridgehead atoms. The van der Waals surface area contributed by atoms with Crippen molar-refractivity contribution in [2.75, 3.05) is 6.61 Å². The summed E-state index contributed by atoms with van der Waals surface area (Å²) in [4.78, 5) is 29.6. The van der Waals surface area contributed by atoms with Crippen LogP contribution in [0.2, 0.25) is 0 Å². The lowest BCUT2D eigenvalue weighted by molar-refractivity contribution is 0.0697. The number of carboxylic acid groups (broad SMARTS) is 1. The summed E-state index contributed by atoms with van der Waals surface area (Å²) >= 11 is 3.46. The molecule has 0 spiro atoms. The van der Waals surface area contributed by atoms with E-state index >= 15 is 0 Å². The van der Waals surface area contributed by atoms with E-state index in [9.17, 15) is 9.59 Å². The molecule has 4 aromatic rings. The highest BCUT2D eigenvalue weighted by atomic mass is 79.9. The Morgan fingerprint density at radius 1 is 1.05 bits per heavy atom. The Kier molecular flexibility index (Phi) is 8.60. The third-order valence-corrected chi connectivity index (χ3v) is 7.48. The van der Waals surface area contributed by atoms with Crippen molar-refractivity contribution in [3.05, 3.63) is 98.0 Å². The third-order valence-electron chi connectivity index (χ3n) is 6.99. The van der Waals surface area contributed by atoms with Gasteiger partial charge in [-0.2, -0.15) is 9.78 Å². The summed E-state index contributed by atoms with van der Waals surface area (Å²) in [5.74, 6) is 1.03. The first-order valence-electron chi connectivity index (χ1n) is 13.4. The molecule has 1 heterocycles. The number of ether oxygens (including phenoxy) is 2. The molecule has 1 fully saturated rings. The van der Waals surface area contributed by atoms with E-state index < -0.39 is 5.97 Å². The minimum Gasteiger partial charge on any atom is -0.490 e. The number of halogens is 1. The van der Waals surface area contributed by atoms with Crippen molar-refractivity contribution >= 4 is 39.0 Å². The molecule has 8 nitrogen and oxygen atoms in total. The first kappa shape index (κ1) is 27.6. The highest BCUT2D eigenvalue weighted by Gasteiger charge is 2.22. The quantitative estimate of drug-likeness (QED) is 0.212. The average molecular weight is 605 g/mol. The number of benzene rings is 3. The Bertz CT molecular complexity index is 1610. The molecule has 1 aromatic heterocycles. The predicted octanol–water partition coefficient (Wildman–Crippen LogP) is 6.76. The summed E-state index contributed by atoms with van der Waals surface area (Å²) in [6.07, 6.45) is 7.06. The van der Waals surface area contributed by atoms with Crippen LogP contribution < -0.4 is 15.0 Å². The summed E-state index contributed by atoms with van der Waals surface area (Å²) in [6.45, 7) is 2.59. The fourth-order valence-corrected chi connectivity index (χ4v) is 5.29. The van der Waals surface area contributed by atoms with Crippen molar-refractivity contribution in [1.82, 2.24) is 9.66 Å². The maximum atomic E-state index is 13.6. The van der Waals surface area contributed by atoms with Gasteiger partial charge in [0.2, 0.25) is 0 Å². The standard InChI is InChI=1S/C31H30BrN3O5/c1-2-39-28-16-21(10-15-27(28)40-19-20-8-11-23(12-9-20)31(37)38)18-33-35-29(22-6-4-3-5-7-22)34-26-14-13-24(32)17-25(26)30(35)36/h8-18,22H,2-7,19H2,1H3,(H,37,38). The number of aromatic nitrogens is 2. The van der Waals surface area contributed by atoms with Crippen LogP contribution in [0.3, 0.4) is 0 Å². The van der Waals surface area contributed by atoms with Gasteiger partial charge in [0.1, 0.15) is 12.4 Å². The van der Waals surface area contributed by atoms with Gasteiger partial charge >= 0.3 is 5.97 Å². The number of carbonyl (C=O) groups is 1. The number of carboxylic acids is 1. The van der Waals surface area contributed by atoms with Crippen molar-refractivity contribution in [2.45, 2.75) is 51.6 Å². The van der Waals surface area contributed by atoms with Gasteiger partial charge in [0.25, 0.3) is 5.56 Å². The van der Waals surface area contributed by atoms with Crippen LogP contribution in [0, 0.1) is 0 Å². The number of aromatic carboxylic acids is 1. The minimum absolute atomic E-state index is 0.186. The van der Waals surface area contributed by atoms with Crippen molar-refractivity contribution in [3.63, 3.8) is 0 Å². The summed E-state index contributed by atoms with van der Waals surface area (Å²) in [6, 6.07) is 17.6. The molecule has 0 unspecified atom stereocenters. The van der Waals surface area contributed by atoms with Crippen molar-refractivity contribution in [3.8, 4) is 11.5 Å². The van der Waals surface area contributed by atoms with Crippen LogP contribution in [0.1, 0.15) is 72.3 Å². The maximum absolute atomic E-state index is 13.6. The van der Waals surface area contributed by atoms with Crippen LogP contribution in [-0.4, -0.2) is 33.6 Å². The third kappa shape index (κ3) is 6.25. The SMILES string of the molecule is CCOc1cc(C=Nn2c(C3CCCCC3)nc3ccc(Br)cc3c2=O)ccc1OCc1ccc(C(=O)O)cc1. The lowest BCUT2D eigenvalue weighted by Gasteiger charge is -2.22. The summed E-state index contributed by atoms with van der Waals surface area (Å²) in [7, 11) is 0. The highest BCUT2D eigenvalue weighted by molar-refractivity contribution is 9.10. The zero-order chi connectivity index (χ0) is 28.1. The molecule has 0 amide bonds. The molecule has 206 valence electrons. The molecule has 0 saturated heterocycles. The fraction of sp³-hybridized carbons (Fsp3) is 0.290. The van der Waals surface area contributed by atoms with E-state index in [2.05, 4.69) is 21.0 Å². The lowest BCUT2D eigenvalue weighted by atomic mass is 9.88. The average Bonchev–Trinajstić information content (AvgIpc) is 2.97. The van der Waals surface area contributed by atoms with E-state index in [1.54, 1.807) is 42.6 Å². The van der Waals surface area contributed by atoms with Crippen molar-refractivity contribution in [2.24, 2.45) is 5.10 Å². The summed E-state index contributed by atoms with van der Waals surface area (Å²) in [5.41, 5.74) is 2.29. The van der Waals surface area contributed by atoms with E-state index in [-0.39, 0.29) is 23.6 Å². The Morgan fingerprint density at radius 2 is 1.82 bits per heavy atom. The lowest BCUT2D eigenvalue weighted by Crippen LogP contribution is -2.25. The van der Waals surface area contributed by atoms with Gasteiger partial charge in [-0.1, -0.05) is 47.3 Å². The normalized spacial score (nSPS) is 14.1. The van der Waals surface area contributed by atoms with Crippen molar-refractivity contribution in [1.29, 1.82) is 0 Å². The van der Waals surface area contributed by atoms with E-state index in [1.165, 1.54) is 11.1 Å². The first-order valence-corrected chi connectivity index (χ1v) is 14.2. The Balaban J connectivity index is 1.43. The molecule has 9 heteroatoms. The van der Waals surface area contributed by atoms with Gasteiger partial charge in [-0.3, -0.25) is 4.79 Å². The van der Waals surface area contributed by atoms with Crippen LogP contribution in [-0.2, 0) is 6.61 Å². The molecule has 1 aliphatic carbocycles. The van der Waals surface area contributed by atoms with Crippen molar-refractivity contribution < 1.29 is 19.4 Å². The Labute approximate surface area is 240 Å². The molecule has 40 heavy (non-hydrogen) atoms. The number of rotatable bonds is 9. The van der Waals surface area contributed by atoms with E-state index in [0.717, 1.165) is 41.3 Å². The maximum Gasteiger partial charge on any atom is 0.335 e. The zero-order valence-corrected chi connectivity index (χ0v) is 23.8. The number of hydrogen-bond donors (Lipinski definition) is 1. The van der Waals surface area contributed by atoms with Crippen LogP contribution in [0.5, 0.6) is 11.5 Å². The Hall–Kier alpha value is -3.98. The van der Waals surface area contributed by atoms with Crippen LogP contribution >= 0.6 is 15.9 Å². The molecule has 1 saturated carbocycles. The second kappa shape index (κ2) is 12.5. The van der Waals surface area contributed by atoms with Gasteiger partial charge in [0.05, 0.1) is 29.3 Å². The van der Waals surface area contributed by atoms with Gasteiger partial charge < -0.3 is 14.6 Å². The number of hydrogen-bond acceptors (Lipinski definition) is 6. The monoisotopic (exact) mass is 603 g/mol. The van der Waals surface area contributed by atoms with E-state index in [4.69, 9.17) is 19.6 Å². The van der Waals surface area contributed by atoms with Crippen LogP contribution in [0.4, 0.5) is 0 Å². The molecule has 1 N–H and O–H groups in total. The number of nitrogens with zero attached hydrogens (tertiary/aromatic N) is 3. The highest BCUT2D eigenvalue weighted by Crippen LogP contribution is 2.32. The number of fused-ring (bicyclic) bond motifs is 1. The first-order chi connectivity index (χ1) is 19.4. The topological polar surface area (TPSA) is 103 Å². The molecule has 0 radical (unpaired) electrons. The molecular formula is C31H30BrN3O5. The van der Waals surface area contributed by atoms with Crippen LogP contribution in [0.15, 0.2) is 75.0 Å². The molecule has 1 aliphatic rings. The van der Waals surface area contributed by atoms with Gasteiger partial charge in [-0.15, -0.1) is 0 Å². The van der Waals surface area contributed by atoms with Gasteiger partial charge in [0.15, 0.2) is 11.5 Å². The Morgan fingerprint density at radius 3 is 2.55 bits per heavy atom. The second-order valence-electron chi connectivity index (χ2n) is 9.76. The minimum atomic E-state index is -0.969. The molecular weight excluding hydrogens is 574 g/mol. The summed E-state index contributed by atoms with van der Waals surface area (Å²) < 4.78 is 14.1. The van der Waals surface area contributed by atoms with Gasteiger partial charge in [-0.05, 0) is 79.4 Å². The molecule has 0 aliphatic heterocycles. The van der Waals surface area contributed by atoms with E-state index in [0.29, 0.717) is 34.8 Å². The van der Waals surface area contributed by atoms with Gasteiger partial charge in [-0.25, -0.2) is 9.78 Å². The molecule has 0 atom stereocenters. The smallest absolute Gasteiger partial charge is 0.335 e. The van der Waals surface area contributed by atoms with Gasteiger partial charge in [0, 0.05) is 10.4 Å². The summed E-state index contributed by atoms with van der Waals surface area (Å²) in [5, 5.41) is 14.2. The molecule has 3 aromatic carbocycles. The fourth-order valence-electron chi connectivity index (χ4n) is 4.92. The predicted molar refractivity (Wildman–Crippen MR) is 158 cm³/mol. The largest absolute Gasteiger partial charge is 0.490 e.